The highest BCUT2D eigenvalue weighted by Gasteiger charge is 2.19. The summed E-state index contributed by atoms with van der Waals surface area (Å²) in [4.78, 5) is 37.4. The van der Waals surface area contributed by atoms with Crippen molar-refractivity contribution in [2.45, 2.75) is 33.1 Å². The van der Waals surface area contributed by atoms with Gasteiger partial charge in [-0.2, -0.15) is 0 Å². The fourth-order valence-electron chi connectivity index (χ4n) is 2.68. The van der Waals surface area contributed by atoms with Gasteiger partial charge in [0.25, 0.3) is 11.1 Å². The van der Waals surface area contributed by atoms with Crippen molar-refractivity contribution in [1.29, 1.82) is 0 Å². The van der Waals surface area contributed by atoms with Crippen LogP contribution in [-0.4, -0.2) is 19.9 Å². The quantitative estimate of drug-likeness (QED) is 0.645. The molecular weight excluding hydrogens is 328 g/mol. The molecule has 0 atom stereocenters. The van der Waals surface area contributed by atoms with Crippen LogP contribution in [-0.2, 0) is 5.41 Å². The van der Waals surface area contributed by atoms with Crippen molar-refractivity contribution in [3.63, 3.8) is 0 Å². The molecule has 0 amide bonds. The predicted molar refractivity (Wildman–Crippen MR) is 103 cm³/mol. The summed E-state index contributed by atoms with van der Waals surface area (Å²) < 4.78 is 0. The lowest BCUT2D eigenvalue weighted by atomic mass is 9.90. The van der Waals surface area contributed by atoms with Crippen LogP contribution in [0.25, 0.3) is 12.2 Å². The second-order valence-electron chi connectivity index (χ2n) is 7.35. The van der Waals surface area contributed by atoms with E-state index in [1.165, 1.54) is 0 Å². The first kappa shape index (κ1) is 17.7. The molecule has 0 aliphatic heterocycles. The number of benzene rings is 1. The zero-order chi connectivity index (χ0) is 18.9. The topological polar surface area (TPSA) is 94.4 Å². The zero-order valence-electron chi connectivity index (χ0n) is 15.3. The summed E-state index contributed by atoms with van der Waals surface area (Å²) in [6.07, 6.45) is 4.82. The Kier molecular flexibility index (Phi) is 4.50. The van der Waals surface area contributed by atoms with Gasteiger partial charge in [0, 0.05) is 11.1 Å². The minimum absolute atomic E-state index is 0.158. The van der Waals surface area contributed by atoms with Crippen molar-refractivity contribution >= 4 is 12.2 Å². The number of H-pyrrole nitrogens is 3. The first-order chi connectivity index (χ1) is 12.2. The van der Waals surface area contributed by atoms with Gasteiger partial charge in [0.05, 0.1) is 12.0 Å². The molecule has 134 valence electrons. The highest BCUT2D eigenvalue weighted by atomic mass is 16.1. The predicted octanol–water partition coefficient (Wildman–Crippen LogP) is 1.05. The minimum Gasteiger partial charge on any atom is -0.348 e. The van der Waals surface area contributed by atoms with Crippen molar-refractivity contribution in [1.82, 2.24) is 19.9 Å². The Morgan fingerprint density at radius 3 is 2.08 bits per heavy atom. The molecule has 2 heterocycles. The number of hydrogen-bond acceptors (Lipinski definition) is 3. The van der Waals surface area contributed by atoms with Crippen LogP contribution in [0.5, 0.6) is 0 Å². The fourth-order valence-corrected chi connectivity index (χ4v) is 2.68. The molecule has 3 N–H and O–H groups in total. The van der Waals surface area contributed by atoms with E-state index >= 15 is 0 Å². The molecule has 0 bridgehead atoms. The van der Waals surface area contributed by atoms with Gasteiger partial charge >= 0.3 is 0 Å². The van der Waals surface area contributed by atoms with E-state index < -0.39 is 0 Å². The average Bonchev–Trinajstić information content (AvgIpc) is 3.03. The van der Waals surface area contributed by atoms with E-state index in [4.69, 9.17) is 0 Å². The summed E-state index contributed by atoms with van der Waals surface area (Å²) in [5, 5.41) is 0.391. The molecular formula is C20H22N4O2. The Hall–Kier alpha value is -3.15. The fraction of sp³-hybridized carbons (Fsp3) is 0.250. The van der Waals surface area contributed by atoms with Crippen LogP contribution in [0.4, 0.5) is 0 Å². The summed E-state index contributed by atoms with van der Waals surface area (Å²) in [5.41, 5.74) is 2.62. The van der Waals surface area contributed by atoms with Crippen LogP contribution in [0, 0.1) is 6.92 Å². The molecule has 3 rings (SSSR count). The third-order valence-electron chi connectivity index (χ3n) is 4.07. The van der Waals surface area contributed by atoms with Gasteiger partial charge in [-0.05, 0) is 24.6 Å². The standard InChI is InChI=1S/C20H22N4O2/c1-12-5-7-13(8-6-12)9-15-18(25)24-16(19(26)23-15)10-14-17(20(2,3)4)22-11-21-14/h5-11H,1-4H3,(H,21,22)(H,23,26)(H,24,25)/b15-9-,16-10+. The number of nitrogens with one attached hydrogen (secondary N) is 3. The lowest BCUT2D eigenvalue weighted by molar-refractivity contribution is 0.571. The van der Waals surface area contributed by atoms with Gasteiger partial charge in [-0.15, -0.1) is 0 Å². The monoisotopic (exact) mass is 350 g/mol. The van der Waals surface area contributed by atoms with Crippen LogP contribution in [0.15, 0.2) is 40.2 Å². The Balaban J connectivity index is 2.12. The van der Waals surface area contributed by atoms with Crippen LogP contribution in [0.2, 0.25) is 0 Å². The second-order valence-corrected chi connectivity index (χ2v) is 7.35. The molecule has 0 radical (unpaired) electrons. The highest BCUT2D eigenvalue weighted by molar-refractivity contribution is 5.49. The van der Waals surface area contributed by atoms with E-state index in [9.17, 15) is 9.59 Å². The lowest BCUT2D eigenvalue weighted by Gasteiger charge is -2.16. The molecule has 3 aromatic rings. The van der Waals surface area contributed by atoms with Crippen molar-refractivity contribution < 1.29 is 0 Å². The molecule has 6 nitrogen and oxygen atoms in total. The smallest absolute Gasteiger partial charge is 0.272 e. The highest BCUT2D eigenvalue weighted by Crippen LogP contribution is 2.22. The maximum atomic E-state index is 12.4. The van der Waals surface area contributed by atoms with Crippen molar-refractivity contribution in [3.8, 4) is 0 Å². The third kappa shape index (κ3) is 3.74. The van der Waals surface area contributed by atoms with Crippen LogP contribution < -0.4 is 21.8 Å². The average molecular weight is 350 g/mol. The maximum absolute atomic E-state index is 12.4. The van der Waals surface area contributed by atoms with E-state index in [1.807, 2.05) is 52.0 Å². The van der Waals surface area contributed by atoms with E-state index in [2.05, 4.69) is 19.9 Å². The number of aryl methyl sites for hydroxylation is 1. The molecule has 0 saturated carbocycles. The van der Waals surface area contributed by atoms with Gasteiger partial charge in [-0.25, -0.2) is 4.98 Å². The summed E-state index contributed by atoms with van der Waals surface area (Å²) >= 11 is 0. The van der Waals surface area contributed by atoms with E-state index in [0.717, 1.165) is 16.8 Å². The Morgan fingerprint density at radius 2 is 1.50 bits per heavy atom. The van der Waals surface area contributed by atoms with Gasteiger partial charge in [0.1, 0.15) is 10.7 Å². The normalized spacial score (nSPS) is 13.4. The Labute approximate surface area is 150 Å². The molecule has 1 aromatic carbocycles. The summed E-state index contributed by atoms with van der Waals surface area (Å²) in [7, 11) is 0. The summed E-state index contributed by atoms with van der Waals surface area (Å²) in [5.74, 6) is 0. The SMILES string of the molecule is Cc1ccc(/C=c2\[nH]c(=O)/c(=C\c3nc[nH]c3C(C)(C)C)[nH]c2=O)cc1. The molecule has 26 heavy (non-hydrogen) atoms. The van der Waals surface area contributed by atoms with Crippen molar-refractivity contribution in [2.24, 2.45) is 0 Å². The van der Waals surface area contributed by atoms with Crippen LogP contribution in [0.1, 0.15) is 43.3 Å². The second kappa shape index (κ2) is 6.63. The molecule has 0 aliphatic carbocycles. The molecule has 0 unspecified atom stereocenters. The zero-order valence-corrected chi connectivity index (χ0v) is 15.3. The number of hydrogen-bond donors (Lipinski definition) is 3. The third-order valence-corrected chi connectivity index (χ3v) is 4.07. The maximum Gasteiger partial charge on any atom is 0.272 e. The molecule has 0 saturated heterocycles. The first-order valence-corrected chi connectivity index (χ1v) is 8.40. The Bertz CT molecular complexity index is 1160. The number of aromatic amines is 3. The molecule has 0 aliphatic rings. The molecule has 2 aromatic heterocycles. The number of imidazole rings is 1. The van der Waals surface area contributed by atoms with Crippen molar-refractivity contribution in [3.05, 3.63) is 84.5 Å². The van der Waals surface area contributed by atoms with Crippen LogP contribution in [0.3, 0.4) is 0 Å². The van der Waals surface area contributed by atoms with Gasteiger partial charge in [0.2, 0.25) is 0 Å². The van der Waals surface area contributed by atoms with E-state index in [0.29, 0.717) is 5.69 Å². The molecule has 6 heteroatoms. The van der Waals surface area contributed by atoms with Gasteiger partial charge in [-0.3, -0.25) is 9.59 Å². The molecule has 0 fully saturated rings. The minimum atomic E-state index is -0.370. The number of aromatic nitrogens is 4. The van der Waals surface area contributed by atoms with Gasteiger partial charge < -0.3 is 15.0 Å². The van der Waals surface area contributed by atoms with E-state index in [1.54, 1.807) is 18.5 Å². The number of nitrogens with zero attached hydrogens (tertiary/aromatic N) is 1. The van der Waals surface area contributed by atoms with Gasteiger partial charge in [-0.1, -0.05) is 50.6 Å². The lowest BCUT2D eigenvalue weighted by Crippen LogP contribution is -2.46. The largest absolute Gasteiger partial charge is 0.348 e. The van der Waals surface area contributed by atoms with Gasteiger partial charge in [0.15, 0.2) is 0 Å². The Morgan fingerprint density at radius 1 is 0.923 bits per heavy atom. The van der Waals surface area contributed by atoms with Crippen molar-refractivity contribution in [2.75, 3.05) is 0 Å². The number of rotatable bonds is 2. The summed E-state index contributed by atoms with van der Waals surface area (Å²) in [6, 6.07) is 7.69. The molecule has 0 spiro atoms. The van der Waals surface area contributed by atoms with E-state index in [-0.39, 0.29) is 27.2 Å². The first-order valence-electron chi connectivity index (χ1n) is 8.40. The van der Waals surface area contributed by atoms with Crippen LogP contribution >= 0.6 is 0 Å². The summed E-state index contributed by atoms with van der Waals surface area (Å²) in [6.45, 7) is 8.13.